The summed E-state index contributed by atoms with van der Waals surface area (Å²) in [6.45, 7) is 12.8. The maximum Gasteiger partial charge on any atom is 0.127 e. The first-order valence-corrected chi connectivity index (χ1v) is 6.62. The molecule has 102 valence electrons. The van der Waals surface area contributed by atoms with Gasteiger partial charge in [0.05, 0.1) is 7.11 Å². The molecule has 2 heteroatoms. The topological polar surface area (TPSA) is 35.2 Å². The van der Waals surface area contributed by atoms with Crippen molar-refractivity contribution in [1.82, 2.24) is 0 Å². The van der Waals surface area contributed by atoms with Gasteiger partial charge in [0.15, 0.2) is 0 Å². The van der Waals surface area contributed by atoms with E-state index in [2.05, 4.69) is 39.8 Å². The van der Waals surface area contributed by atoms with E-state index in [-0.39, 0.29) is 5.41 Å². The molecule has 0 atom stereocenters. The van der Waals surface area contributed by atoms with E-state index in [0.717, 1.165) is 17.7 Å². The van der Waals surface area contributed by atoms with E-state index in [0.29, 0.717) is 0 Å². The van der Waals surface area contributed by atoms with Crippen molar-refractivity contribution in [2.75, 3.05) is 7.11 Å². The van der Waals surface area contributed by atoms with E-state index in [1.165, 1.54) is 11.1 Å². The summed E-state index contributed by atoms with van der Waals surface area (Å²) >= 11 is 0. The molecule has 0 unspecified atom stereocenters. The quantitative estimate of drug-likeness (QED) is 0.885. The minimum atomic E-state index is -0.392. The predicted octanol–water partition coefficient (Wildman–Crippen LogP) is 3.75. The molecule has 0 aliphatic heterocycles. The number of benzene rings is 1. The van der Waals surface area contributed by atoms with Crippen molar-refractivity contribution >= 4 is 0 Å². The second-order valence-electron chi connectivity index (χ2n) is 6.55. The second kappa shape index (κ2) is 4.93. The van der Waals surface area contributed by atoms with Crippen LogP contribution in [0.2, 0.25) is 0 Å². The normalized spacial score (nSPS) is 12.7. The third-order valence-corrected chi connectivity index (χ3v) is 3.26. The molecule has 0 fully saturated rings. The molecular weight excluding hydrogens is 222 g/mol. The number of methoxy groups -OCH3 is 1. The van der Waals surface area contributed by atoms with Crippen LogP contribution < -0.4 is 10.5 Å². The molecule has 0 heterocycles. The summed E-state index contributed by atoms with van der Waals surface area (Å²) in [5.74, 6) is 0.937. The molecule has 0 bridgehead atoms. The molecule has 0 aliphatic carbocycles. The van der Waals surface area contributed by atoms with Crippen LogP contribution in [0.25, 0.3) is 0 Å². The minimum Gasteiger partial charge on any atom is -0.496 e. The van der Waals surface area contributed by atoms with Crippen molar-refractivity contribution in [2.45, 2.75) is 58.9 Å². The van der Waals surface area contributed by atoms with Crippen LogP contribution in [0, 0.1) is 0 Å². The summed E-state index contributed by atoms with van der Waals surface area (Å²) in [6.07, 6.45) is 1.01. The van der Waals surface area contributed by atoms with E-state index >= 15 is 0 Å². The number of rotatable bonds is 3. The van der Waals surface area contributed by atoms with E-state index in [1.807, 2.05) is 13.8 Å². The SMILES string of the molecule is CCc1cc(C(C)(C)C)c(OC)c(C(C)(C)N)c1. The molecule has 1 aromatic rings. The average molecular weight is 249 g/mol. The van der Waals surface area contributed by atoms with E-state index in [9.17, 15) is 0 Å². The first-order chi connectivity index (χ1) is 8.11. The average Bonchev–Trinajstić information content (AvgIpc) is 2.24. The van der Waals surface area contributed by atoms with Gasteiger partial charge < -0.3 is 10.5 Å². The zero-order valence-electron chi connectivity index (χ0n) is 12.8. The molecule has 2 N–H and O–H groups in total. The van der Waals surface area contributed by atoms with Gasteiger partial charge in [0.2, 0.25) is 0 Å². The lowest BCUT2D eigenvalue weighted by molar-refractivity contribution is 0.378. The van der Waals surface area contributed by atoms with Gasteiger partial charge in [-0.2, -0.15) is 0 Å². The molecule has 0 amide bonds. The highest BCUT2D eigenvalue weighted by molar-refractivity contribution is 5.50. The van der Waals surface area contributed by atoms with Gasteiger partial charge in [-0.3, -0.25) is 0 Å². The predicted molar refractivity (Wildman–Crippen MR) is 78.3 cm³/mol. The molecule has 0 aliphatic rings. The molecule has 0 aromatic heterocycles. The fraction of sp³-hybridized carbons (Fsp3) is 0.625. The van der Waals surface area contributed by atoms with E-state index < -0.39 is 5.54 Å². The van der Waals surface area contributed by atoms with Crippen LogP contribution in [0.1, 0.15) is 58.2 Å². The second-order valence-corrected chi connectivity index (χ2v) is 6.55. The Kier molecular flexibility index (Phi) is 4.12. The Bertz CT molecular complexity index is 387. The van der Waals surface area contributed by atoms with Gasteiger partial charge in [-0.05, 0) is 31.2 Å². The van der Waals surface area contributed by atoms with Gasteiger partial charge in [-0.25, -0.2) is 0 Å². The molecule has 0 saturated heterocycles. The lowest BCUT2D eigenvalue weighted by Gasteiger charge is -2.29. The molecule has 0 radical (unpaired) electrons. The Hall–Kier alpha value is -1.02. The number of hydrogen-bond acceptors (Lipinski definition) is 2. The van der Waals surface area contributed by atoms with Crippen LogP contribution in [-0.2, 0) is 17.4 Å². The van der Waals surface area contributed by atoms with E-state index in [4.69, 9.17) is 10.5 Å². The lowest BCUT2D eigenvalue weighted by Crippen LogP contribution is -2.30. The highest BCUT2D eigenvalue weighted by Crippen LogP contribution is 2.39. The van der Waals surface area contributed by atoms with Crippen LogP contribution in [0.5, 0.6) is 5.75 Å². The highest BCUT2D eigenvalue weighted by Gasteiger charge is 2.27. The van der Waals surface area contributed by atoms with Crippen LogP contribution in [0.3, 0.4) is 0 Å². The van der Waals surface area contributed by atoms with Crippen molar-refractivity contribution < 1.29 is 4.74 Å². The largest absolute Gasteiger partial charge is 0.496 e. The fourth-order valence-electron chi connectivity index (χ4n) is 2.15. The van der Waals surface area contributed by atoms with Gasteiger partial charge in [0, 0.05) is 16.7 Å². The maximum atomic E-state index is 6.29. The molecule has 2 nitrogen and oxygen atoms in total. The van der Waals surface area contributed by atoms with Gasteiger partial charge in [0.1, 0.15) is 5.75 Å². The molecule has 0 saturated carbocycles. The summed E-state index contributed by atoms with van der Waals surface area (Å²) < 4.78 is 5.65. The van der Waals surface area contributed by atoms with Crippen LogP contribution in [0.15, 0.2) is 12.1 Å². The van der Waals surface area contributed by atoms with Crippen molar-refractivity contribution in [3.8, 4) is 5.75 Å². The highest BCUT2D eigenvalue weighted by atomic mass is 16.5. The van der Waals surface area contributed by atoms with Gasteiger partial charge >= 0.3 is 0 Å². The fourth-order valence-corrected chi connectivity index (χ4v) is 2.15. The number of ether oxygens (including phenoxy) is 1. The summed E-state index contributed by atoms with van der Waals surface area (Å²) in [4.78, 5) is 0. The summed E-state index contributed by atoms with van der Waals surface area (Å²) in [6, 6.07) is 4.42. The molecule has 0 spiro atoms. The Morgan fingerprint density at radius 1 is 1.06 bits per heavy atom. The zero-order chi connectivity index (χ0) is 14.1. The lowest BCUT2D eigenvalue weighted by atomic mass is 9.80. The molecular formula is C16H27NO. The monoisotopic (exact) mass is 249 g/mol. The summed E-state index contributed by atoms with van der Waals surface area (Å²) in [7, 11) is 1.73. The van der Waals surface area contributed by atoms with Gasteiger partial charge in [-0.15, -0.1) is 0 Å². The van der Waals surface area contributed by atoms with Gasteiger partial charge in [-0.1, -0.05) is 39.8 Å². The van der Waals surface area contributed by atoms with Crippen LogP contribution >= 0.6 is 0 Å². The van der Waals surface area contributed by atoms with Gasteiger partial charge in [0.25, 0.3) is 0 Å². The number of hydrogen-bond donors (Lipinski definition) is 1. The standard InChI is InChI=1S/C16H27NO/c1-8-11-9-12(15(2,3)4)14(18-7)13(10-11)16(5,6)17/h9-10H,8,17H2,1-7H3. The molecule has 1 aromatic carbocycles. The van der Waals surface area contributed by atoms with Crippen molar-refractivity contribution in [3.05, 3.63) is 28.8 Å². The Labute approximate surface area is 112 Å². The van der Waals surface area contributed by atoms with Crippen LogP contribution in [-0.4, -0.2) is 7.11 Å². The number of aryl methyl sites for hydroxylation is 1. The Morgan fingerprint density at radius 2 is 1.56 bits per heavy atom. The minimum absolute atomic E-state index is 0.0521. The Morgan fingerprint density at radius 3 is 1.89 bits per heavy atom. The van der Waals surface area contributed by atoms with Crippen LogP contribution in [0.4, 0.5) is 0 Å². The Balaban J connectivity index is 3.61. The van der Waals surface area contributed by atoms with Crippen molar-refractivity contribution in [2.24, 2.45) is 5.73 Å². The van der Waals surface area contributed by atoms with Crippen molar-refractivity contribution in [3.63, 3.8) is 0 Å². The maximum absolute atomic E-state index is 6.29. The van der Waals surface area contributed by atoms with Crippen molar-refractivity contribution in [1.29, 1.82) is 0 Å². The zero-order valence-corrected chi connectivity index (χ0v) is 12.8. The smallest absolute Gasteiger partial charge is 0.127 e. The number of nitrogens with two attached hydrogens (primary N) is 1. The third-order valence-electron chi connectivity index (χ3n) is 3.26. The third kappa shape index (κ3) is 3.05. The first kappa shape index (κ1) is 15.0. The van der Waals surface area contributed by atoms with E-state index in [1.54, 1.807) is 7.11 Å². The molecule has 18 heavy (non-hydrogen) atoms. The molecule has 1 rings (SSSR count). The first-order valence-electron chi connectivity index (χ1n) is 6.62. The summed E-state index contributed by atoms with van der Waals surface area (Å²) in [5, 5.41) is 0. The summed E-state index contributed by atoms with van der Waals surface area (Å²) in [5.41, 5.74) is 9.59.